The minimum atomic E-state index is -4.09. The van der Waals surface area contributed by atoms with Gasteiger partial charge in [0.15, 0.2) is 0 Å². The SMILES string of the molecule is Cc1ccc(S(=O)(=O)N(CC(=O)N(Cc2ccccc2)C(C)C(=O)NC2CCCCC2)c2ccc(C)cc2C)cc1. The van der Waals surface area contributed by atoms with E-state index in [0.29, 0.717) is 5.69 Å². The van der Waals surface area contributed by atoms with Crippen LogP contribution in [0.1, 0.15) is 61.3 Å². The predicted molar refractivity (Wildman–Crippen MR) is 163 cm³/mol. The summed E-state index contributed by atoms with van der Waals surface area (Å²) in [6.45, 7) is 7.14. The zero-order valence-electron chi connectivity index (χ0n) is 24.5. The highest BCUT2D eigenvalue weighted by Crippen LogP contribution is 2.28. The van der Waals surface area contributed by atoms with Crippen molar-refractivity contribution in [1.82, 2.24) is 10.2 Å². The van der Waals surface area contributed by atoms with Crippen LogP contribution >= 0.6 is 0 Å². The van der Waals surface area contributed by atoms with Gasteiger partial charge >= 0.3 is 0 Å². The first kappa shape index (κ1) is 30.3. The Morgan fingerprint density at radius 1 is 0.878 bits per heavy atom. The first-order valence-corrected chi connectivity index (χ1v) is 15.8. The van der Waals surface area contributed by atoms with Gasteiger partial charge in [0, 0.05) is 12.6 Å². The van der Waals surface area contributed by atoms with Crippen LogP contribution in [-0.4, -0.2) is 43.8 Å². The average Bonchev–Trinajstić information content (AvgIpc) is 2.96. The molecule has 1 atom stereocenters. The quantitative estimate of drug-likeness (QED) is 0.337. The first-order valence-electron chi connectivity index (χ1n) is 14.4. The number of amides is 2. The smallest absolute Gasteiger partial charge is 0.264 e. The molecule has 3 aromatic carbocycles. The van der Waals surface area contributed by atoms with E-state index < -0.39 is 28.5 Å². The molecule has 8 heteroatoms. The Morgan fingerprint density at radius 2 is 1.51 bits per heavy atom. The number of hydrogen-bond acceptors (Lipinski definition) is 4. The summed E-state index contributed by atoms with van der Waals surface area (Å²) in [4.78, 5) is 29.1. The van der Waals surface area contributed by atoms with Crippen molar-refractivity contribution >= 4 is 27.5 Å². The molecular formula is C33H41N3O4S. The summed E-state index contributed by atoms with van der Waals surface area (Å²) in [5.74, 6) is -0.670. The third-order valence-electron chi connectivity index (χ3n) is 7.82. The summed E-state index contributed by atoms with van der Waals surface area (Å²) in [5, 5.41) is 3.14. The maximum atomic E-state index is 14.1. The average molecular weight is 576 g/mol. The zero-order valence-corrected chi connectivity index (χ0v) is 25.3. The molecule has 0 aromatic heterocycles. The van der Waals surface area contributed by atoms with Gasteiger partial charge in [-0.2, -0.15) is 0 Å². The highest BCUT2D eigenvalue weighted by atomic mass is 32.2. The Labute approximate surface area is 244 Å². The molecule has 0 aliphatic heterocycles. The number of benzene rings is 3. The monoisotopic (exact) mass is 575 g/mol. The minimum absolute atomic E-state index is 0.0981. The Kier molecular flexibility index (Phi) is 9.86. The van der Waals surface area contributed by atoms with Gasteiger partial charge in [-0.25, -0.2) is 8.42 Å². The van der Waals surface area contributed by atoms with Crippen molar-refractivity contribution in [3.8, 4) is 0 Å². The van der Waals surface area contributed by atoms with Gasteiger partial charge in [0.2, 0.25) is 11.8 Å². The molecule has 3 aromatic rings. The lowest BCUT2D eigenvalue weighted by molar-refractivity contribution is -0.139. The number of hydrogen-bond donors (Lipinski definition) is 1. The summed E-state index contributed by atoms with van der Waals surface area (Å²) >= 11 is 0. The second-order valence-corrected chi connectivity index (χ2v) is 13.0. The Hall–Kier alpha value is -3.65. The maximum Gasteiger partial charge on any atom is 0.264 e. The number of nitrogens with zero attached hydrogens (tertiary/aromatic N) is 2. The molecule has 0 radical (unpaired) electrons. The molecule has 1 fully saturated rings. The standard InChI is InChI=1S/C33H41N3O4S/c1-24-15-18-30(19-16-24)41(39,40)36(31-20-17-25(2)21-26(31)3)23-32(37)35(22-28-11-7-5-8-12-28)27(4)33(38)34-29-13-9-6-10-14-29/h5,7-8,11-12,15-21,27,29H,6,9-10,13-14,22-23H2,1-4H3,(H,34,38). The van der Waals surface area contributed by atoms with E-state index in [4.69, 9.17) is 0 Å². The van der Waals surface area contributed by atoms with Gasteiger partial charge in [-0.05, 0) is 69.9 Å². The molecule has 41 heavy (non-hydrogen) atoms. The van der Waals surface area contributed by atoms with Crippen LogP contribution in [-0.2, 0) is 26.2 Å². The third-order valence-corrected chi connectivity index (χ3v) is 9.60. The largest absolute Gasteiger partial charge is 0.352 e. The molecule has 0 spiro atoms. The zero-order chi connectivity index (χ0) is 29.6. The fourth-order valence-electron chi connectivity index (χ4n) is 5.37. The van der Waals surface area contributed by atoms with Crippen molar-refractivity contribution in [3.05, 3.63) is 95.1 Å². The van der Waals surface area contributed by atoms with Crippen LogP contribution in [0.2, 0.25) is 0 Å². The van der Waals surface area contributed by atoms with Gasteiger partial charge in [-0.3, -0.25) is 13.9 Å². The van der Waals surface area contributed by atoms with E-state index in [1.54, 1.807) is 37.3 Å². The van der Waals surface area contributed by atoms with Crippen molar-refractivity contribution in [1.29, 1.82) is 0 Å². The summed E-state index contributed by atoms with van der Waals surface area (Å²) in [5.41, 5.74) is 3.96. The third kappa shape index (κ3) is 7.55. The molecular weight excluding hydrogens is 534 g/mol. The summed E-state index contributed by atoms with van der Waals surface area (Å²) < 4.78 is 29.3. The van der Waals surface area contributed by atoms with Crippen LogP contribution in [0.25, 0.3) is 0 Å². The second kappa shape index (κ2) is 13.3. The van der Waals surface area contributed by atoms with Gasteiger partial charge in [-0.1, -0.05) is 85.0 Å². The van der Waals surface area contributed by atoms with E-state index in [2.05, 4.69) is 5.32 Å². The van der Waals surface area contributed by atoms with E-state index in [1.807, 2.05) is 63.2 Å². The normalized spacial score (nSPS) is 14.7. The van der Waals surface area contributed by atoms with E-state index >= 15 is 0 Å². The number of sulfonamides is 1. The fraction of sp³-hybridized carbons (Fsp3) is 0.394. The first-order chi connectivity index (χ1) is 19.6. The van der Waals surface area contributed by atoms with Crippen LogP contribution in [0.3, 0.4) is 0 Å². The lowest BCUT2D eigenvalue weighted by atomic mass is 9.95. The molecule has 1 N–H and O–H groups in total. The molecule has 4 rings (SSSR count). The lowest BCUT2D eigenvalue weighted by Crippen LogP contribution is -2.53. The Bertz CT molecular complexity index is 1450. The van der Waals surface area contributed by atoms with Crippen LogP contribution in [0.15, 0.2) is 77.7 Å². The van der Waals surface area contributed by atoms with Crippen molar-refractivity contribution in [2.24, 2.45) is 0 Å². The number of carbonyl (C=O) groups is 2. The van der Waals surface area contributed by atoms with E-state index in [1.165, 1.54) is 15.6 Å². The van der Waals surface area contributed by atoms with E-state index in [9.17, 15) is 18.0 Å². The molecule has 2 amide bonds. The molecule has 1 unspecified atom stereocenters. The number of anilines is 1. The highest BCUT2D eigenvalue weighted by molar-refractivity contribution is 7.92. The molecule has 1 aliphatic rings. The van der Waals surface area contributed by atoms with Crippen LogP contribution < -0.4 is 9.62 Å². The number of carbonyl (C=O) groups excluding carboxylic acids is 2. The Balaban J connectivity index is 1.69. The maximum absolute atomic E-state index is 14.1. The van der Waals surface area contributed by atoms with Crippen molar-refractivity contribution in [2.75, 3.05) is 10.8 Å². The molecule has 0 saturated heterocycles. The summed E-state index contributed by atoms with van der Waals surface area (Å²) in [6.07, 6.45) is 5.19. The van der Waals surface area contributed by atoms with Crippen LogP contribution in [0.5, 0.6) is 0 Å². The van der Waals surface area contributed by atoms with Gasteiger partial charge in [0.05, 0.1) is 10.6 Å². The summed E-state index contributed by atoms with van der Waals surface area (Å²) in [7, 11) is -4.09. The topological polar surface area (TPSA) is 86.8 Å². The van der Waals surface area contributed by atoms with E-state index in [-0.39, 0.29) is 23.4 Å². The van der Waals surface area contributed by atoms with Crippen molar-refractivity contribution in [3.63, 3.8) is 0 Å². The highest BCUT2D eigenvalue weighted by Gasteiger charge is 2.33. The van der Waals surface area contributed by atoms with Crippen LogP contribution in [0, 0.1) is 20.8 Å². The van der Waals surface area contributed by atoms with E-state index in [0.717, 1.165) is 47.9 Å². The van der Waals surface area contributed by atoms with Gasteiger partial charge in [-0.15, -0.1) is 0 Å². The molecule has 0 bridgehead atoms. The molecule has 1 aliphatic carbocycles. The fourth-order valence-corrected chi connectivity index (χ4v) is 6.85. The minimum Gasteiger partial charge on any atom is -0.352 e. The number of nitrogens with one attached hydrogen (secondary N) is 1. The van der Waals surface area contributed by atoms with Crippen molar-refractivity contribution in [2.45, 2.75) is 83.3 Å². The number of rotatable bonds is 10. The van der Waals surface area contributed by atoms with Crippen LogP contribution in [0.4, 0.5) is 5.69 Å². The Morgan fingerprint density at radius 3 is 2.15 bits per heavy atom. The molecule has 218 valence electrons. The molecule has 0 heterocycles. The molecule has 7 nitrogen and oxygen atoms in total. The van der Waals surface area contributed by atoms with Gasteiger partial charge in [0.1, 0.15) is 12.6 Å². The number of aryl methyl sites for hydroxylation is 3. The summed E-state index contributed by atoms with van der Waals surface area (Å²) in [6, 6.07) is 20.9. The van der Waals surface area contributed by atoms with Crippen molar-refractivity contribution < 1.29 is 18.0 Å². The van der Waals surface area contributed by atoms with Gasteiger partial charge in [0.25, 0.3) is 10.0 Å². The molecule has 1 saturated carbocycles. The predicted octanol–water partition coefficient (Wildman–Crippen LogP) is 5.67. The second-order valence-electron chi connectivity index (χ2n) is 11.1. The van der Waals surface area contributed by atoms with Gasteiger partial charge < -0.3 is 10.2 Å². The lowest BCUT2D eigenvalue weighted by Gasteiger charge is -2.33.